The van der Waals surface area contributed by atoms with Crippen molar-refractivity contribution in [3.05, 3.63) is 582 Å². The molecule has 6 heterocycles. The van der Waals surface area contributed by atoms with Crippen LogP contribution in [0.25, 0.3) is 265 Å². The van der Waals surface area contributed by atoms with Crippen LogP contribution in [0.2, 0.25) is 0 Å². The molecule has 6 aromatic heterocycles. The van der Waals surface area contributed by atoms with E-state index in [1.54, 1.807) is 0 Å². The Bertz CT molecular complexity index is 10300. The van der Waals surface area contributed by atoms with Crippen LogP contribution in [-0.4, -0.2) is 27.4 Å². The fourth-order valence-corrected chi connectivity index (χ4v) is 23.5. The molecule has 6 heteroatoms. The Hall–Kier alpha value is -19.9. The first-order chi connectivity index (χ1) is 74.4. The maximum atomic E-state index is 2.48. The van der Waals surface area contributed by atoms with Crippen molar-refractivity contribution in [1.82, 2.24) is 27.4 Å². The largest absolute Gasteiger partial charge is 0.309 e. The third-order valence-electron chi connectivity index (χ3n) is 30.3. The quantitative estimate of drug-likeness (QED) is 0.0979. The molecule has 30 aromatic rings. The van der Waals surface area contributed by atoms with Crippen molar-refractivity contribution in [1.29, 1.82) is 0 Å². The zero-order valence-corrected chi connectivity index (χ0v) is 82.1. The monoisotopic (exact) mass is 1910 g/mol. The van der Waals surface area contributed by atoms with Gasteiger partial charge in [-0.05, 0) is 247 Å². The predicted molar refractivity (Wildman–Crippen MR) is 634 cm³/mol. The summed E-state index contributed by atoms with van der Waals surface area (Å²) in [5.74, 6) is 0. The fourth-order valence-electron chi connectivity index (χ4n) is 23.5. The second-order valence-electron chi connectivity index (χ2n) is 38.9. The van der Waals surface area contributed by atoms with Gasteiger partial charge in [0.2, 0.25) is 0 Å². The van der Waals surface area contributed by atoms with E-state index >= 15 is 0 Å². The number of benzene rings is 24. The van der Waals surface area contributed by atoms with Crippen LogP contribution in [-0.2, 0) is 0 Å². The number of fused-ring (bicyclic) bond motifs is 18. The van der Waals surface area contributed by atoms with Gasteiger partial charge in [-0.2, -0.15) is 0 Å². The highest BCUT2D eigenvalue weighted by atomic mass is 15.0. The van der Waals surface area contributed by atoms with E-state index in [0.29, 0.717) is 0 Å². The van der Waals surface area contributed by atoms with Gasteiger partial charge in [0.15, 0.2) is 0 Å². The molecule has 702 valence electrons. The van der Waals surface area contributed by atoms with Crippen molar-refractivity contribution < 1.29 is 0 Å². The first-order valence-electron chi connectivity index (χ1n) is 51.6. The maximum Gasteiger partial charge on any atom is 0.0618 e. The Morgan fingerprint density at radius 3 is 0.653 bits per heavy atom. The maximum absolute atomic E-state index is 2.48. The van der Waals surface area contributed by atoms with E-state index in [1.807, 2.05) is 0 Å². The van der Waals surface area contributed by atoms with E-state index in [0.717, 1.165) is 11.4 Å². The van der Waals surface area contributed by atoms with E-state index in [9.17, 15) is 0 Å². The minimum absolute atomic E-state index is 1.15. The van der Waals surface area contributed by atoms with E-state index in [1.165, 1.54) is 254 Å². The third kappa shape index (κ3) is 15.4. The van der Waals surface area contributed by atoms with Crippen molar-refractivity contribution in [2.45, 2.75) is 0 Å². The molecule has 0 aliphatic rings. The van der Waals surface area contributed by atoms with Crippen molar-refractivity contribution >= 4 is 131 Å². The molecule has 0 atom stereocenters. The molecule has 24 aromatic carbocycles. The van der Waals surface area contributed by atoms with Gasteiger partial charge in [-0.15, -0.1) is 0 Å². The average molecular weight is 1910 g/mol. The summed E-state index contributed by atoms with van der Waals surface area (Å²) in [5, 5.41) is 15.1. The second-order valence-corrected chi connectivity index (χ2v) is 38.9. The fraction of sp³-hybridized carbons (Fsp3) is 0. The van der Waals surface area contributed by atoms with Gasteiger partial charge in [0.1, 0.15) is 0 Å². The van der Waals surface area contributed by atoms with Crippen molar-refractivity contribution in [2.24, 2.45) is 0 Å². The normalized spacial score (nSPS) is 11.6. The van der Waals surface area contributed by atoms with Crippen LogP contribution in [0.1, 0.15) is 0 Å². The first kappa shape index (κ1) is 87.8. The van der Waals surface area contributed by atoms with Crippen molar-refractivity contribution in [3.8, 4) is 134 Å². The first-order valence-corrected chi connectivity index (χ1v) is 51.6. The minimum atomic E-state index is 1.15. The molecular weight excluding hydrogens is 1810 g/mol. The Morgan fingerprint density at radius 1 is 0.0867 bits per heavy atom. The van der Waals surface area contributed by atoms with Gasteiger partial charge in [0.05, 0.1) is 71.9 Å². The summed E-state index contributed by atoms with van der Waals surface area (Å²) in [5.41, 5.74) is 43.2. The molecule has 6 nitrogen and oxygen atoms in total. The van der Waals surface area contributed by atoms with Gasteiger partial charge in [-0.1, -0.05) is 425 Å². The molecule has 30 rings (SSSR count). The van der Waals surface area contributed by atoms with Gasteiger partial charge in [0, 0.05) is 104 Å². The van der Waals surface area contributed by atoms with Crippen LogP contribution in [0.4, 0.5) is 0 Å². The second kappa shape index (κ2) is 37.4. The van der Waals surface area contributed by atoms with Gasteiger partial charge >= 0.3 is 0 Å². The zero-order chi connectivity index (χ0) is 99.1. The Morgan fingerprint density at radius 2 is 0.320 bits per heavy atom. The molecule has 150 heavy (non-hydrogen) atoms. The molecule has 0 bridgehead atoms. The lowest BCUT2D eigenvalue weighted by molar-refractivity contribution is 1.18. The van der Waals surface area contributed by atoms with E-state index in [2.05, 4.69) is 610 Å². The lowest BCUT2D eigenvalue weighted by Gasteiger charge is -2.19. The van der Waals surface area contributed by atoms with Gasteiger partial charge < -0.3 is 27.4 Å². The van der Waals surface area contributed by atoms with Crippen LogP contribution >= 0.6 is 0 Å². The summed E-state index contributed by atoms with van der Waals surface area (Å²) in [6.45, 7) is 0. The Labute approximate surface area is 868 Å². The van der Waals surface area contributed by atoms with Crippen molar-refractivity contribution in [2.75, 3.05) is 0 Å². The SMILES string of the molecule is c1ccc(-c2cc(-c3ccccc3)cc(-n3c4ccccc4c4cc(-c5ccc6c7ccccc7n(-c7ccccc7)c6c5)ccc43)c2)cc1.c1ccc(-c2ccc(-n3c4ccccc4c4cc(-c5ccc6c7ccccc7n(-c7ccccc7)c6c5)ccc43)cc2-c2ccccc2)cc1.c1ccc(-c2cccc(-c3ccccc3)c2-n2c3ccccc3c3cc(-c4ccc5c6ccccc6n(-c6ccccc6)c5c4)ccc32)cc1. The minimum Gasteiger partial charge on any atom is -0.309 e. The van der Waals surface area contributed by atoms with Crippen molar-refractivity contribution in [3.63, 3.8) is 0 Å². The summed E-state index contributed by atoms with van der Waals surface area (Å²) in [4.78, 5) is 0. The molecule has 0 fully saturated rings. The number of hydrogen-bond acceptors (Lipinski definition) is 0. The number of rotatable bonds is 15. The predicted octanol–water partition coefficient (Wildman–Crippen LogP) is 38.6. The van der Waals surface area contributed by atoms with E-state index in [4.69, 9.17) is 0 Å². The van der Waals surface area contributed by atoms with E-state index < -0.39 is 0 Å². The summed E-state index contributed by atoms with van der Waals surface area (Å²) in [7, 11) is 0. The average Bonchev–Trinajstić information content (AvgIpc) is 1.57. The molecule has 0 aliphatic heterocycles. The molecule has 0 saturated heterocycles. The van der Waals surface area contributed by atoms with Gasteiger partial charge in [-0.3, -0.25) is 0 Å². The molecule has 0 radical (unpaired) electrons. The molecule has 0 saturated carbocycles. The van der Waals surface area contributed by atoms with Crippen LogP contribution < -0.4 is 0 Å². The van der Waals surface area contributed by atoms with Crippen LogP contribution in [0.3, 0.4) is 0 Å². The zero-order valence-electron chi connectivity index (χ0n) is 82.1. The van der Waals surface area contributed by atoms with Gasteiger partial charge in [-0.25, -0.2) is 0 Å². The molecule has 0 aliphatic carbocycles. The standard InChI is InChI=1S/3C48H32N2/c1-4-15-33(16-5-1)38-23-14-24-39(34-17-6-2-7-18-34)48(38)50-45-26-13-11-22-41(45)43-31-35(28-30-46(43)50)36-27-29-42-40-21-10-12-25-44(40)49(47(42)32-36)37-19-8-3-9-20-37;1-4-14-33(15-5-1)39-28-26-38(32-43(39)34-16-6-2-7-17-34)50-46-23-13-11-21-41(46)44-30-35(25-29-47(44)50)36-24-27-42-40-20-10-12-22-45(40)49(48(42)31-36)37-18-8-3-9-19-37;1-4-14-33(15-5-1)37-28-38(34-16-6-2-7-17-34)30-40(29-37)50-46-23-13-11-21-42(46)44-31-35(25-27-47(44)50)36-24-26-43-41-20-10-12-22-45(41)49(48(43)32-36)39-18-8-3-9-19-39/h3*1-32H. The van der Waals surface area contributed by atoms with Crippen LogP contribution in [0.5, 0.6) is 0 Å². The summed E-state index contributed by atoms with van der Waals surface area (Å²) in [6, 6.07) is 211. The molecule has 0 spiro atoms. The number of para-hydroxylation sites is 10. The lowest BCUT2D eigenvalue weighted by atomic mass is 9.94. The molecule has 0 unspecified atom stereocenters. The highest BCUT2D eigenvalue weighted by Crippen LogP contribution is 2.48. The Balaban J connectivity index is 0.000000108. The number of aromatic nitrogens is 6. The van der Waals surface area contributed by atoms with Crippen LogP contribution in [0, 0.1) is 0 Å². The smallest absolute Gasteiger partial charge is 0.0618 e. The molecule has 0 amide bonds. The lowest BCUT2D eigenvalue weighted by Crippen LogP contribution is -2.00. The summed E-state index contributed by atoms with van der Waals surface area (Å²) in [6.07, 6.45) is 0. The third-order valence-corrected chi connectivity index (χ3v) is 30.3. The number of hydrogen-bond donors (Lipinski definition) is 0. The van der Waals surface area contributed by atoms with Crippen LogP contribution in [0.15, 0.2) is 582 Å². The van der Waals surface area contributed by atoms with Gasteiger partial charge in [0.25, 0.3) is 0 Å². The summed E-state index contributed by atoms with van der Waals surface area (Å²) >= 11 is 0. The Kier molecular flexibility index (Phi) is 21.9. The topological polar surface area (TPSA) is 29.6 Å². The van der Waals surface area contributed by atoms with E-state index in [-0.39, 0.29) is 0 Å². The molecular formula is C144H96N6. The molecule has 0 N–H and O–H groups in total. The summed E-state index contributed by atoms with van der Waals surface area (Å²) < 4.78 is 14.5. The highest BCUT2D eigenvalue weighted by molar-refractivity contribution is 6.18. The number of nitrogens with zero attached hydrogens (tertiary/aromatic N) is 6. The highest BCUT2D eigenvalue weighted by Gasteiger charge is 2.26.